The van der Waals surface area contributed by atoms with E-state index in [9.17, 15) is 0 Å². The van der Waals surface area contributed by atoms with E-state index in [2.05, 4.69) is 9.97 Å². The summed E-state index contributed by atoms with van der Waals surface area (Å²) in [6.45, 7) is 0. The number of hydrogen-bond acceptors (Lipinski definition) is 4. The molecule has 0 spiro atoms. The number of pyridine rings is 2. The maximum Gasteiger partial charge on any atom is 0.278 e. The van der Waals surface area contributed by atoms with Crippen LogP contribution in [0.1, 0.15) is 0 Å². The molecule has 0 aliphatic heterocycles. The van der Waals surface area contributed by atoms with Gasteiger partial charge < -0.3 is 9.05 Å². The minimum absolute atomic E-state index is 0.138. The molecule has 0 atom stereocenters. The van der Waals surface area contributed by atoms with Gasteiger partial charge in [0.15, 0.2) is 0 Å². The smallest absolute Gasteiger partial charge is 0.278 e. The van der Waals surface area contributed by atoms with Gasteiger partial charge in [-0.25, -0.2) is 9.97 Å². The molecule has 0 aliphatic rings. The van der Waals surface area contributed by atoms with E-state index in [1.165, 1.54) is 0 Å². The Kier molecular flexibility index (Phi) is 3.47. The number of rotatable bonds is 4. The topological polar surface area (TPSA) is 44.2 Å². The van der Waals surface area contributed by atoms with Gasteiger partial charge in [0.1, 0.15) is 0 Å². The van der Waals surface area contributed by atoms with Crippen LogP contribution in [-0.2, 0) is 0 Å². The summed E-state index contributed by atoms with van der Waals surface area (Å²) in [7, 11) is -0.138. The molecule has 0 aliphatic carbocycles. The van der Waals surface area contributed by atoms with Gasteiger partial charge in [-0.1, -0.05) is 12.1 Å². The second-order valence-corrected chi connectivity index (χ2v) is 3.20. The normalized spacial score (nSPS) is 9.60. The fraction of sp³-hybridized carbons (Fsp3) is 0. The van der Waals surface area contributed by atoms with Crippen molar-refractivity contribution in [1.29, 1.82) is 0 Å². The highest BCUT2D eigenvalue weighted by Gasteiger charge is 1.95. The number of hydrogen-bond donors (Lipinski definition) is 0. The van der Waals surface area contributed by atoms with E-state index >= 15 is 0 Å². The Bertz CT molecular complexity index is 357. The predicted molar refractivity (Wildman–Crippen MR) is 58.0 cm³/mol. The molecule has 0 saturated heterocycles. The molecule has 5 heteroatoms. The van der Waals surface area contributed by atoms with E-state index in [0.29, 0.717) is 11.8 Å². The van der Waals surface area contributed by atoms with E-state index in [-0.39, 0.29) is 9.03 Å². The van der Waals surface area contributed by atoms with Gasteiger partial charge in [0.2, 0.25) is 11.8 Å². The molecular weight excluding hydrogens is 211 g/mol. The standard InChI is InChI=1S/C10H9N2O2P/c1-3-7-11-9(5-1)13-15-14-10-6-2-4-8-12-10/h1-8,15H. The zero-order valence-electron chi connectivity index (χ0n) is 7.83. The van der Waals surface area contributed by atoms with Crippen molar-refractivity contribution in [2.24, 2.45) is 0 Å². The zero-order valence-corrected chi connectivity index (χ0v) is 8.83. The molecule has 2 aromatic rings. The summed E-state index contributed by atoms with van der Waals surface area (Å²) in [5.74, 6) is 1.10. The van der Waals surface area contributed by atoms with Crippen molar-refractivity contribution in [2.75, 3.05) is 0 Å². The average Bonchev–Trinajstić information content (AvgIpc) is 2.32. The van der Waals surface area contributed by atoms with E-state index in [1.54, 1.807) is 24.5 Å². The first-order valence-corrected chi connectivity index (χ1v) is 5.17. The van der Waals surface area contributed by atoms with Gasteiger partial charge in [-0.05, 0) is 12.1 Å². The molecule has 0 saturated carbocycles. The Morgan fingerprint density at radius 2 is 1.33 bits per heavy atom. The zero-order chi connectivity index (χ0) is 10.3. The number of nitrogens with zero attached hydrogens (tertiary/aromatic N) is 2. The van der Waals surface area contributed by atoms with Crippen LogP contribution in [0.5, 0.6) is 11.8 Å². The van der Waals surface area contributed by atoms with Gasteiger partial charge in [0.05, 0.1) is 0 Å². The molecule has 76 valence electrons. The average molecular weight is 220 g/mol. The third-order valence-corrected chi connectivity index (χ3v) is 2.15. The van der Waals surface area contributed by atoms with Crippen LogP contribution >= 0.6 is 9.03 Å². The van der Waals surface area contributed by atoms with E-state index in [4.69, 9.17) is 9.05 Å². The summed E-state index contributed by atoms with van der Waals surface area (Å²) in [4.78, 5) is 7.99. The molecule has 15 heavy (non-hydrogen) atoms. The summed E-state index contributed by atoms with van der Waals surface area (Å²) < 4.78 is 10.5. The van der Waals surface area contributed by atoms with Crippen molar-refractivity contribution >= 4 is 9.03 Å². The summed E-state index contributed by atoms with van der Waals surface area (Å²) >= 11 is 0. The first kappa shape index (κ1) is 9.87. The minimum atomic E-state index is -0.138. The molecule has 2 rings (SSSR count). The molecule has 0 N–H and O–H groups in total. The van der Waals surface area contributed by atoms with Gasteiger partial charge in [0, 0.05) is 24.5 Å². The van der Waals surface area contributed by atoms with Crippen LogP contribution < -0.4 is 9.05 Å². The van der Waals surface area contributed by atoms with Crippen molar-refractivity contribution < 1.29 is 9.05 Å². The molecule has 0 aromatic carbocycles. The lowest BCUT2D eigenvalue weighted by Gasteiger charge is -2.04. The highest BCUT2D eigenvalue weighted by Crippen LogP contribution is 2.20. The van der Waals surface area contributed by atoms with Crippen molar-refractivity contribution in [1.82, 2.24) is 9.97 Å². The lowest BCUT2D eigenvalue weighted by molar-refractivity contribution is 0.493. The van der Waals surface area contributed by atoms with Crippen LogP contribution in [-0.4, -0.2) is 9.97 Å². The Labute approximate surface area is 89.2 Å². The Hall–Kier alpha value is -1.67. The maximum atomic E-state index is 5.26. The SMILES string of the molecule is c1ccc(OPOc2ccccn2)nc1. The first-order chi connectivity index (χ1) is 7.45. The van der Waals surface area contributed by atoms with Crippen molar-refractivity contribution in [3.05, 3.63) is 48.8 Å². The van der Waals surface area contributed by atoms with Crippen molar-refractivity contribution in [3.63, 3.8) is 0 Å². The second-order valence-electron chi connectivity index (χ2n) is 2.62. The highest BCUT2D eigenvalue weighted by molar-refractivity contribution is 7.27. The van der Waals surface area contributed by atoms with Crippen LogP contribution in [0.25, 0.3) is 0 Å². The maximum absolute atomic E-state index is 5.26. The lowest BCUT2D eigenvalue weighted by atomic mass is 10.5. The fourth-order valence-electron chi connectivity index (χ4n) is 0.921. The molecular formula is C10H9N2O2P. The largest absolute Gasteiger partial charge is 0.422 e. The third kappa shape index (κ3) is 3.18. The van der Waals surface area contributed by atoms with Crippen LogP contribution in [0.4, 0.5) is 0 Å². The molecule has 2 heterocycles. The fourth-order valence-corrected chi connectivity index (χ4v) is 1.38. The third-order valence-electron chi connectivity index (χ3n) is 1.57. The van der Waals surface area contributed by atoms with Crippen LogP contribution in [0.15, 0.2) is 48.8 Å². The summed E-state index contributed by atoms with van der Waals surface area (Å²) in [6, 6.07) is 10.9. The highest BCUT2D eigenvalue weighted by atomic mass is 31.1. The van der Waals surface area contributed by atoms with Crippen molar-refractivity contribution in [3.8, 4) is 11.8 Å². The van der Waals surface area contributed by atoms with Gasteiger partial charge in [0.25, 0.3) is 9.03 Å². The quantitative estimate of drug-likeness (QED) is 0.742. The van der Waals surface area contributed by atoms with E-state index in [1.807, 2.05) is 24.3 Å². The summed E-state index contributed by atoms with van der Waals surface area (Å²) in [5, 5.41) is 0. The van der Waals surface area contributed by atoms with Gasteiger partial charge in [-0.15, -0.1) is 0 Å². The monoisotopic (exact) mass is 220 g/mol. The predicted octanol–water partition coefficient (Wildman–Crippen LogP) is 2.44. The molecule has 0 unspecified atom stereocenters. The van der Waals surface area contributed by atoms with Gasteiger partial charge in [-0.3, -0.25) is 0 Å². The summed E-state index contributed by atoms with van der Waals surface area (Å²) in [6.07, 6.45) is 3.33. The van der Waals surface area contributed by atoms with Gasteiger partial charge in [-0.2, -0.15) is 0 Å². The van der Waals surface area contributed by atoms with Crippen LogP contribution in [0.3, 0.4) is 0 Å². The molecule has 4 nitrogen and oxygen atoms in total. The Balaban J connectivity index is 1.81. The van der Waals surface area contributed by atoms with E-state index < -0.39 is 0 Å². The second kappa shape index (κ2) is 5.27. The lowest BCUT2D eigenvalue weighted by Crippen LogP contribution is -1.88. The Morgan fingerprint density at radius 1 is 0.800 bits per heavy atom. The van der Waals surface area contributed by atoms with Gasteiger partial charge >= 0.3 is 0 Å². The van der Waals surface area contributed by atoms with Crippen LogP contribution in [0, 0.1) is 0 Å². The molecule has 0 bridgehead atoms. The minimum Gasteiger partial charge on any atom is -0.422 e. The number of aromatic nitrogens is 2. The Morgan fingerprint density at radius 3 is 1.73 bits per heavy atom. The molecule has 0 amide bonds. The first-order valence-electron chi connectivity index (χ1n) is 4.36. The van der Waals surface area contributed by atoms with Crippen molar-refractivity contribution in [2.45, 2.75) is 0 Å². The molecule has 0 fully saturated rings. The molecule has 2 aromatic heterocycles. The molecule has 0 radical (unpaired) electrons. The van der Waals surface area contributed by atoms with E-state index in [0.717, 1.165) is 0 Å². The van der Waals surface area contributed by atoms with Crippen LogP contribution in [0.2, 0.25) is 0 Å². The summed E-state index contributed by atoms with van der Waals surface area (Å²) in [5.41, 5.74) is 0.